The molecule has 10 heteroatoms. The maximum Gasteiger partial charge on any atom is 0.288 e. The number of anilines is 1. The van der Waals surface area contributed by atoms with E-state index in [0.717, 1.165) is 0 Å². The smallest absolute Gasteiger partial charge is 0.288 e. The highest BCUT2D eigenvalue weighted by atomic mass is 35.5. The molecule has 2 aromatic carbocycles. The minimum Gasteiger partial charge on any atom is -0.494 e. The minimum atomic E-state index is -0.646. The summed E-state index contributed by atoms with van der Waals surface area (Å²) in [5, 5.41) is 13.7. The number of carbonyl (C=O) groups excluding carboxylic acids is 1. The van der Waals surface area contributed by atoms with Crippen LogP contribution in [0.15, 0.2) is 48.9 Å². The summed E-state index contributed by atoms with van der Waals surface area (Å²) >= 11 is 11.8. The topological polar surface area (TPSA) is 99.3 Å². The van der Waals surface area contributed by atoms with Gasteiger partial charge in [0.15, 0.2) is 0 Å². The summed E-state index contributed by atoms with van der Waals surface area (Å²) in [4.78, 5) is 26.7. The van der Waals surface area contributed by atoms with Crippen LogP contribution in [0.4, 0.5) is 11.4 Å². The average Bonchev–Trinajstić information content (AvgIpc) is 3.07. The fourth-order valence-corrected chi connectivity index (χ4v) is 2.86. The highest BCUT2D eigenvalue weighted by Gasteiger charge is 2.20. The molecular weight excluding hydrogens is 395 g/mol. The van der Waals surface area contributed by atoms with Crippen LogP contribution >= 0.6 is 23.2 Å². The zero-order valence-electron chi connectivity index (χ0n) is 13.8. The molecule has 0 aliphatic rings. The van der Waals surface area contributed by atoms with Gasteiger partial charge in [0.05, 0.1) is 23.3 Å². The Morgan fingerprint density at radius 3 is 2.70 bits per heavy atom. The highest BCUT2D eigenvalue weighted by Crippen LogP contribution is 2.30. The van der Waals surface area contributed by atoms with Gasteiger partial charge in [-0.1, -0.05) is 29.3 Å². The van der Waals surface area contributed by atoms with Crippen LogP contribution in [-0.4, -0.2) is 27.5 Å². The van der Waals surface area contributed by atoms with E-state index in [4.69, 9.17) is 27.9 Å². The Kier molecular flexibility index (Phi) is 5.29. The first-order valence-electron chi connectivity index (χ1n) is 7.53. The van der Waals surface area contributed by atoms with Gasteiger partial charge in [-0.25, -0.2) is 4.98 Å². The van der Waals surface area contributed by atoms with Crippen LogP contribution in [0.25, 0.3) is 5.69 Å². The van der Waals surface area contributed by atoms with Crippen molar-refractivity contribution in [2.24, 2.45) is 0 Å². The Bertz CT molecular complexity index is 1040. The molecular formula is C17H12Cl2N4O4. The first-order chi connectivity index (χ1) is 12.9. The lowest BCUT2D eigenvalue weighted by Crippen LogP contribution is -2.13. The van der Waals surface area contributed by atoms with E-state index in [0.29, 0.717) is 22.3 Å². The first-order valence-corrected chi connectivity index (χ1v) is 8.28. The Balaban J connectivity index is 1.89. The second-order valence-corrected chi connectivity index (χ2v) is 6.11. The van der Waals surface area contributed by atoms with Crippen molar-refractivity contribution >= 4 is 40.5 Å². The van der Waals surface area contributed by atoms with Crippen molar-refractivity contribution in [3.05, 3.63) is 74.8 Å². The van der Waals surface area contributed by atoms with Gasteiger partial charge in [-0.05, 0) is 18.2 Å². The molecule has 8 nitrogen and oxygen atoms in total. The largest absolute Gasteiger partial charge is 0.494 e. The summed E-state index contributed by atoms with van der Waals surface area (Å²) in [6, 6.07) is 8.99. The Labute approximate surface area is 163 Å². The molecule has 1 heterocycles. The number of carbonyl (C=O) groups is 1. The monoisotopic (exact) mass is 406 g/mol. The lowest BCUT2D eigenvalue weighted by molar-refractivity contribution is -0.384. The summed E-state index contributed by atoms with van der Waals surface area (Å²) in [6.07, 6.45) is 3.14. The molecule has 27 heavy (non-hydrogen) atoms. The average molecular weight is 407 g/mol. The van der Waals surface area contributed by atoms with Gasteiger partial charge in [0.25, 0.3) is 11.6 Å². The van der Waals surface area contributed by atoms with E-state index in [1.54, 1.807) is 29.0 Å². The molecule has 0 saturated carbocycles. The number of nitro groups is 1. The third-order valence-corrected chi connectivity index (χ3v) is 4.28. The van der Waals surface area contributed by atoms with Crippen molar-refractivity contribution in [3.63, 3.8) is 0 Å². The molecule has 0 aliphatic heterocycles. The lowest BCUT2D eigenvalue weighted by atomic mass is 10.1. The maximum atomic E-state index is 12.5. The van der Waals surface area contributed by atoms with Crippen LogP contribution in [-0.2, 0) is 0 Å². The van der Waals surface area contributed by atoms with Crippen molar-refractivity contribution in [1.29, 1.82) is 0 Å². The maximum absolute atomic E-state index is 12.5. The molecule has 1 N–H and O–H groups in total. The van der Waals surface area contributed by atoms with Gasteiger partial charge in [0, 0.05) is 24.0 Å². The first kappa shape index (κ1) is 18.7. The molecule has 3 aromatic rings. The summed E-state index contributed by atoms with van der Waals surface area (Å²) in [7, 11) is 1.49. The van der Waals surface area contributed by atoms with Crippen LogP contribution in [0, 0.1) is 10.1 Å². The van der Waals surface area contributed by atoms with Crippen LogP contribution in [0.1, 0.15) is 10.4 Å². The molecule has 1 amide bonds. The number of methoxy groups -OCH3 is 1. The normalized spacial score (nSPS) is 10.5. The second kappa shape index (κ2) is 7.65. The van der Waals surface area contributed by atoms with Gasteiger partial charge in [0.2, 0.25) is 0 Å². The van der Waals surface area contributed by atoms with E-state index in [1.807, 2.05) is 0 Å². The van der Waals surface area contributed by atoms with Crippen molar-refractivity contribution in [2.45, 2.75) is 0 Å². The number of hydrogen-bond donors (Lipinski definition) is 1. The number of halogens is 2. The molecule has 0 spiro atoms. The zero-order chi connectivity index (χ0) is 19.6. The fraction of sp³-hybridized carbons (Fsp3) is 0.0588. The summed E-state index contributed by atoms with van der Waals surface area (Å²) in [6.45, 7) is 0. The third kappa shape index (κ3) is 3.86. The number of hydrogen-bond acceptors (Lipinski definition) is 5. The van der Waals surface area contributed by atoms with Crippen molar-refractivity contribution in [2.75, 3.05) is 12.4 Å². The molecule has 0 atom stereocenters. The number of ether oxygens (including phenoxy) is 1. The standard InChI is InChI=1S/C17H12Cl2N4O4/c1-27-14-7-10(5-6-12(14)22-8-15(18)20-9-22)21-17(24)11-3-2-4-13(16(11)19)23(25)26/h2-9H,1H3,(H,21,24). The number of aromatic nitrogens is 2. The van der Waals surface area contributed by atoms with E-state index < -0.39 is 10.8 Å². The number of amides is 1. The summed E-state index contributed by atoms with van der Waals surface area (Å²) in [5.74, 6) is -0.115. The molecule has 0 fully saturated rings. The molecule has 138 valence electrons. The van der Waals surface area contributed by atoms with E-state index in [-0.39, 0.29) is 16.3 Å². The van der Waals surface area contributed by atoms with Gasteiger partial charge in [-0.15, -0.1) is 0 Å². The Hall–Kier alpha value is -3.10. The quantitative estimate of drug-likeness (QED) is 0.501. The van der Waals surface area contributed by atoms with Crippen molar-refractivity contribution in [1.82, 2.24) is 9.55 Å². The number of benzene rings is 2. The SMILES string of the molecule is COc1cc(NC(=O)c2cccc([N+](=O)[O-])c2Cl)ccc1-n1cnc(Cl)c1. The predicted molar refractivity (Wildman–Crippen MR) is 101 cm³/mol. The van der Waals surface area contributed by atoms with Crippen LogP contribution < -0.4 is 10.1 Å². The molecule has 3 rings (SSSR count). The van der Waals surface area contributed by atoms with Gasteiger partial charge in [-0.3, -0.25) is 14.9 Å². The lowest BCUT2D eigenvalue weighted by Gasteiger charge is -2.12. The number of rotatable bonds is 5. The van der Waals surface area contributed by atoms with Gasteiger partial charge in [0.1, 0.15) is 22.3 Å². The molecule has 0 aliphatic carbocycles. The van der Waals surface area contributed by atoms with E-state index in [9.17, 15) is 14.9 Å². The van der Waals surface area contributed by atoms with Crippen LogP contribution in [0.3, 0.4) is 0 Å². The van der Waals surface area contributed by atoms with E-state index in [1.165, 1.54) is 31.6 Å². The zero-order valence-corrected chi connectivity index (χ0v) is 15.4. The second-order valence-electron chi connectivity index (χ2n) is 5.34. The number of imidazole rings is 1. The number of nitrogens with one attached hydrogen (secondary N) is 1. The van der Waals surface area contributed by atoms with E-state index >= 15 is 0 Å². The van der Waals surface area contributed by atoms with Crippen LogP contribution in [0.5, 0.6) is 5.75 Å². The van der Waals surface area contributed by atoms with Crippen molar-refractivity contribution < 1.29 is 14.5 Å². The van der Waals surface area contributed by atoms with E-state index in [2.05, 4.69) is 10.3 Å². The van der Waals surface area contributed by atoms with Gasteiger partial charge in [-0.2, -0.15) is 0 Å². The van der Waals surface area contributed by atoms with Crippen LogP contribution in [0.2, 0.25) is 10.2 Å². The predicted octanol–water partition coefficient (Wildman–Crippen LogP) is 4.35. The van der Waals surface area contributed by atoms with Gasteiger partial charge < -0.3 is 14.6 Å². The Morgan fingerprint density at radius 1 is 1.30 bits per heavy atom. The number of nitro benzene ring substituents is 1. The fourth-order valence-electron chi connectivity index (χ4n) is 2.43. The molecule has 0 saturated heterocycles. The molecule has 1 aromatic heterocycles. The Morgan fingerprint density at radius 2 is 2.07 bits per heavy atom. The molecule has 0 radical (unpaired) electrons. The summed E-state index contributed by atoms with van der Waals surface area (Å²) in [5.41, 5.74) is 0.752. The molecule has 0 bridgehead atoms. The van der Waals surface area contributed by atoms with Gasteiger partial charge >= 0.3 is 0 Å². The van der Waals surface area contributed by atoms with Crippen molar-refractivity contribution in [3.8, 4) is 11.4 Å². The highest BCUT2D eigenvalue weighted by molar-refractivity contribution is 6.36. The minimum absolute atomic E-state index is 0.00435. The summed E-state index contributed by atoms with van der Waals surface area (Å²) < 4.78 is 7.02. The molecule has 0 unspecified atom stereocenters. The number of nitrogens with zero attached hydrogens (tertiary/aromatic N) is 3. The third-order valence-electron chi connectivity index (χ3n) is 3.69.